The van der Waals surface area contributed by atoms with E-state index in [0.29, 0.717) is 17.6 Å². The third kappa shape index (κ3) is 6.78. The fourth-order valence-corrected chi connectivity index (χ4v) is 3.52. The molecule has 9 nitrogen and oxygen atoms in total. The molecule has 0 bridgehead atoms. The maximum atomic E-state index is 12.7. The van der Waals surface area contributed by atoms with E-state index in [-0.39, 0.29) is 22.2 Å². The van der Waals surface area contributed by atoms with Gasteiger partial charge in [-0.05, 0) is 42.8 Å². The Bertz CT molecular complexity index is 1240. The van der Waals surface area contributed by atoms with Crippen molar-refractivity contribution in [2.45, 2.75) is 30.8 Å². The third-order valence-electron chi connectivity index (χ3n) is 4.56. The zero-order valence-electron chi connectivity index (χ0n) is 18.5. The van der Waals surface area contributed by atoms with E-state index in [9.17, 15) is 21.6 Å². The fourth-order valence-electron chi connectivity index (χ4n) is 2.76. The second-order valence-electron chi connectivity index (χ2n) is 7.44. The summed E-state index contributed by atoms with van der Waals surface area (Å²) >= 11 is 0. The van der Waals surface area contributed by atoms with Crippen molar-refractivity contribution in [1.82, 2.24) is 19.7 Å². The largest absolute Gasteiger partial charge is 0.482 e. The number of benzene rings is 1. The molecule has 0 unspecified atom stereocenters. The lowest BCUT2D eigenvalue weighted by Gasteiger charge is -2.16. The molecule has 0 aliphatic rings. The minimum atomic E-state index is -4.57. The SMILES string of the molecule is CNS(=O)(=O)c1ccc(OCC(F)(F)F)c(Nc2cc(Nc3ccc(C(C)C)cn3)ncn2)c1. The Morgan fingerprint density at radius 3 is 2.26 bits per heavy atom. The van der Waals surface area contributed by atoms with E-state index in [4.69, 9.17) is 4.74 Å². The van der Waals surface area contributed by atoms with Crippen molar-refractivity contribution in [3.8, 4) is 5.75 Å². The molecule has 0 fully saturated rings. The standard InChI is InChI=1S/C21H23F3N6O3S/c1-13(2)14-4-7-18(26-10-14)30-20-9-19(27-12-28-20)29-16-8-15(34(31,32)25-3)5-6-17(16)33-11-21(22,23)24/h4-10,12-13,25H,11H2,1-3H3,(H2,26,27,28,29,30). The number of aromatic nitrogens is 3. The number of sulfonamides is 1. The molecular formula is C21H23F3N6O3S. The zero-order valence-corrected chi connectivity index (χ0v) is 19.3. The topological polar surface area (TPSA) is 118 Å². The molecule has 0 spiro atoms. The highest BCUT2D eigenvalue weighted by Crippen LogP contribution is 2.32. The third-order valence-corrected chi connectivity index (χ3v) is 5.97. The van der Waals surface area contributed by atoms with Crippen molar-refractivity contribution in [3.63, 3.8) is 0 Å². The number of hydrogen-bond donors (Lipinski definition) is 3. The molecule has 0 amide bonds. The van der Waals surface area contributed by atoms with E-state index in [0.717, 1.165) is 23.8 Å². The highest BCUT2D eigenvalue weighted by molar-refractivity contribution is 7.89. The second-order valence-corrected chi connectivity index (χ2v) is 9.33. The molecular weight excluding hydrogens is 473 g/mol. The average molecular weight is 497 g/mol. The summed E-state index contributed by atoms with van der Waals surface area (Å²) in [6.07, 6.45) is -1.60. The van der Waals surface area contributed by atoms with Crippen LogP contribution in [-0.2, 0) is 10.0 Å². The molecule has 3 N–H and O–H groups in total. The van der Waals surface area contributed by atoms with Crippen molar-refractivity contribution in [2.75, 3.05) is 24.3 Å². The number of anilines is 4. The Kier molecular flexibility index (Phi) is 7.57. The van der Waals surface area contributed by atoms with Crippen molar-refractivity contribution < 1.29 is 26.3 Å². The lowest BCUT2D eigenvalue weighted by Crippen LogP contribution is -2.20. The minimum absolute atomic E-state index is 0.0235. The first-order chi connectivity index (χ1) is 16.0. The Morgan fingerprint density at radius 1 is 0.971 bits per heavy atom. The van der Waals surface area contributed by atoms with Gasteiger partial charge in [-0.3, -0.25) is 0 Å². The first kappa shape index (κ1) is 25.2. The normalized spacial score (nSPS) is 12.0. The molecule has 1 aromatic carbocycles. The van der Waals surface area contributed by atoms with Crippen LogP contribution in [0, 0.1) is 0 Å². The monoisotopic (exact) mass is 496 g/mol. The van der Waals surface area contributed by atoms with E-state index in [2.05, 4.69) is 44.2 Å². The van der Waals surface area contributed by atoms with Gasteiger partial charge in [-0.2, -0.15) is 13.2 Å². The summed E-state index contributed by atoms with van der Waals surface area (Å²) in [4.78, 5) is 12.3. The quantitative estimate of drug-likeness (QED) is 0.401. The van der Waals surface area contributed by atoms with Crippen LogP contribution in [-0.4, -0.2) is 43.2 Å². The molecule has 34 heavy (non-hydrogen) atoms. The molecule has 0 atom stereocenters. The second kappa shape index (κ2) is 10.2. The van der Waals surface area contributed by atoms with Gasteiger partial charge in [0.25, 0.3) is 0 Å². The van der Waals surface area contributed by atoms with Gasteiger partial charge in [0.05, 0.1) is 10.6 Å². The highest BCUT2D eigenvalue weighted by atomic mass is 32.2. The zero-order chi connectivity index (χ0) is 24.9. The number of hydrogen-bond acceptors (Lipinski definition) is 8. The van der Waals surface area contributed by atoms with Crippen molar-refractivity contribution in [2.24, 2.45) is 0 Å². The molecule has 3 rings (SSSR count). The molecule has 2 aromatic heterocycles. The van der Waals surface area contributed by atoms with Crippen LogP contribution >= 0.6 is 0 Å². The summed E-state index contributed by atoms with van der Waals surface area (Å²) in [6, 6.07) is 8.64. The van der Waals surface area contributed by atoms with E-state index < -0.39 is 22.8 Å². The summed E-state index contributed by atoms with van der Waals surface area (Å²) in [5.41, 5.74) is 1.04. The predicted molar refractivity (Wildman–Crippen MR) is 121 cm³/mol. The molecule has 3 aromatic rings. The van der Waals surface area contributed by atoms with Crippen LogP contribution < -0.4 is 20.1 Å². The van der Waals surface area contributed by atoms with Crippen molar-refractivity contribution >= 4 is 33.2 Å². The Balaban J connectivity index is 1.87. The summed E-state index contributed by atoms with van der Waals surface area (Å²) in [5.74, 6) is 1.20. The van der Waals surface area contributed by atoms with Crippen LogP contribution in [0.4, 0.5) is 36.3 Å². The van der Waals surface area contributed by atoms with Gasteiger partial charge in [0.15, 0.2) is 6.61 Å². The van der Waals surface area contributed by atoms with Gasteiger partial charge in [-0.15, -0.1) is 0 Å². The van der Waals surface area contributed by atoms with Crippen molar-refractivity contribution in [3.05, 3.63) is 54.5 Å². The molecule has 2 heterocycles. The number of halogens is 3. The van der Waals surface area contributed by atoms with Crippen LogP contribution in [0.15, 0.2) is 53.8 Å². The number of nitrogens with zero attached hydrogens (tertiary/aromatic N) is 3. The highest BCUT2D eigenvalue weighted by Gasteiger charge is 2.29. The molecule has 0 radical (unpaired) electrons. The number of alkyl halides is 3. The smallest absolute Gasteiger partial charge is 0.422 e. The Hall–Kier alpha value is -3.45. The summed E-state index contributed by atoms with van der Waals surface area (Å²) in [5, 5.41) is 5.81. The summed E-state index contributed by atoms with van der Waals surface area (Å²) in [6.45, 7) is 2.56. The van der Waals surface area contributed by atoms with E-state index in [1.807, 2.05) is 6.07 Å². The first-order valence-electron chi connectivity index (χ1n) is 10.1. The summed E-state index contributed by atoms with van der Waals surface area (Å²) in [7, 11) is -2.63. The predicted octanol–water partition coefficient (Wildman–Crippen LogP) is 4.33. The fraction of sp³-hybridized carbons (Fsp3) is 0.286. The average Bonchev–Trinajstić information content (AvgIpc) is 2.78. The number of pyridine rings is 1. The molecule has 0 aliphatic carbocycles. The lowest BCUT2D eigenvalue weighted by molar-refractivity contribution is -0.153. The van der Waals surface area contributed by atoms with Gasteiger partial charge in [0.1, 0.15) is 29.5 Å². The van der Waals surface area contributed by atoms with Gasteiger partial charge in [-0.25, -0.2) is 28.1 Å². The van der Waals surface area contributed by atoms with E-state index >= 15 is 0 Å². The molecule has 182 valence electrons. The van der Waals surface area contributed by atoms with Gasteiger partial charge in [0.2, 0.25) is 10.0 Å². The lowest BCUT2D eigenvalue weighted by atomic mass is 10.1. The van der Waals surface area contributed by atoms with E-state index in [1.165, 1.54) is 19.4 Å². The van der Waals surface area contributed by atoms with Crippen LogP contribution in [0.2, 0.25) is 0 Å². The first-order valence-corrected chi connectivity index (χ1v) is 11.5. The van der Waals surface area contributed by atoms with Gasteiger partial charge >= 0.3 is 6.18 Å². The van der Waals surface area contributed by atoms with Gasteiger partial charge in [-0.1, -0.05) is 19.9 Å². The summed E-state index contributed by atoms with van der Waals surface area (Å²) < 4.78 is 69.3. The number of ether oxygens (including phenoxy) is 1. The minimum Gasteiger partial charge on any atom is -0.482 e. The van der Waals surface area contributed by atoms with Gasteiger partial charge in [0, 0.05) is 12.3 Å². The van der Waals surface area contributed by atoms with Gasteiger partial charge < -0.3 is 15.4 Å². The van der Waals surface area contributed by atoms with Crippen molar-refractivity contribution in [1.29, 1.82) is 0 Å². The van der Waals surface area contributed by atoms with Crippen LogP contribution in [0.1, 0.15) is 25.3 Å². The molecule has 0 saturated carbocycles. The number of nitrogens with one attached hydrogen (secondary N) is 3. The maximum absolute atomic E-state index is 12.7. The molecule has 0 saturated heterocycles. The molecule has 0 aliphatic heterocycles. The Morgan fingerprint density at radius 2 is 1.68 bits per heavy atom. The van der Waals surface area contributed by atoms with Crippen LogP contribution in [0.3, 0.4) is 0 Å². The maximum Gasteiger partial charge on any atom is 0.422 e. The Labute approximate surface area is 194 Å². The van der Waals surface area contributed by atoms with E-state index in [1.54, 1.807) is 12.3 Å². The number of rotatable bonds is 9. The van der Waals surface area contributed by atoms with Crippen LogP contribution in [0.25, 0.3) is 0 Å². The molecule has 13 heteroatoms. The van der Waals surface area contributed by atoms with Crippen LogP contribution in [0.5, 0.6) is 5.75 Å².